The molecule has 0 atom stereocenters. The maximum atomic E-state index is 15.2. The summed E-state index contributed by atoms with van der Waals surface area (Å²) in [5, 5.41) is 12.8. The molecule has 0 radical (unpaired) electrons. The van der Waals surface area contributed by atoms with Crippen LogP contribution in [0.1, 0.15) is 47.1 Å². The lowest BCUT2D eigenvalue weighted by atomic mass is 9.99. The second kappa shape index (κ2) is 13.3. The van der Waals surface area contributed by atoms with Crippen molar-refractivity contribution >= 4 is 51.6 Å². The molecule has 1 aliphatic heterocycles. The number of alkyl carbamates (subject to hydrolysis) is 1. The molecular weight excluding hydrogens is 639 g/mol. The molecule has 0 bridgehead atoms. The molecule has 1 fully saturated rings. The van der Waals surface area contributed by atoms with Crippen LogP contribution in [0, 0.1) is 18.7 Å². The molecule has 3 N–H and O–H groups in total. The van der Waals surface area contributed by atoms with Gasteiger partial charge in [-0.2, -0.15) is 9.97 Å². The fraction of sp³-hybridized carbons (Fsp3) is 0.441. The highest BCUT2D eigenvalue weighted by atomic mass is 19.1. The second-order valence-corrected chi connectivity index (χ2v) is 14.0. The zero-order valence-electron chi connectivity index (χ0n) is 28.8. The Morgan fingerprint density at radius 1 is 1.02 bits per heavy atom. The highest BCUT2D eigenvalue weighted by Crippen LogP contribution is 2.40. The molecule has 0 spiro atoms. The smallest absolute Gasteiger partial charge is 0.414 e. The van der Waals surface area contributed by atoms with Gasteiger partial charge in [-0.1, -0.05) is 0 Å². The normalized spacial score (nSPS) is 13.6. The number of hydrogen-bond acceptors (Lipinski definition) is 10. The number of aromatic nitrogens is 3. The van der Waals surface area contributed by atoms with E-state index in [4.69, 9.17) is 29.0 Å². The van der Waals surface area contributed by atoms with Crippen molar-refractivity contribution in [3.05, 3.63) is 41.7 Å². The van der Waals surface area contributed by atoms with Gasteiger partial charge in [-0.3, -0.25) is 4.90 Å². The third-order valence-corrected chi connectivity index (χ3v) is 7.28. The molecule has 0 unspecified atom stereocenters. The number of nitrogens with one attached hydrogen (secondary N) is 2. The molecule has 2 aromatic carbocycles. The Bertz CT molecular complexity index is 1910. The van der Waals surface area contributed by atoms with Crippen LogP contribution < -0.4 is 24.6 Å². The summed E-state index contributed by atoms with van der Waals surface area (Å²) in [6, 6.07) is 7.46. The number of carboxylic acid groups (broad SMARTS) is 1. The summed E-state index contributed by atoms with van der Waals surface area (Å²) in [4.78, 5) is 52.0. The lowest BCUT2D eigenvalue weighted by Gasteiger charge is -2.40. The molecule has 14 nitrogen and oxygen atoms in total. The van der Waals surface area contributed by atoms with E-state index in [0.717, 1.165) is 5.56 Å². The van der Waals surface area contributed by atoms with Crippen LogP contribution in [0.4, 0.5) is 25.5 Å². The van der Waals surface area contributed by atoms with Gasteiger partial charge in [0.15, 0.2) is 6.61 Å². The first-order valence-electron chi connectivity index (χ1n) is 15.7. The van der Waals surface area contributed by atoms with Gasteiger partial charge in [-0.25, -0.2) is 18.8 Å². The molecule has 0 aliphatic carbocycles. The highest BCUT2D eigenvalue weighted by molar-refractivity contribution is 6.16. The van der Waals surface area contributed by atoms with Crippen LogP contribution in [0.15, 0.2) is 30.3 Å². The van der Waals surface area contributed by atoms with Crippen molar-refractivity contribution in [1.82, 2.24) is 20.3 Å². The molecule has 1 saturated heterocycles. The van der Waals surface area contributed by atoms with Crippen LogP contribution >= 0.6 is 0 Å². The van der Waals surface area contributed by atoms with Crippen LogP contribution in [0.2, 0.25) is 0 Å². The first-order valence-corrected chi connectivity index (χ1v) is 15.7. The van der Waals surface area contributed by atoms with Gasteiger partial charge < -0.3 is 39.3 Å². The largest absolute Gasteiger partial charge is 0.482 e. The van der Waals surface area contributed by atoms with Crippen molar-refractivity contribution in [3.63, 3.8) is 0 Å². The topological polar surface area (TPSA) is 168 Å². The van der Waals surface area contributed by atoms with E-state index in [9.17, 15) is 14.4 Å². The Morgan fingerprint density at radius 2 is 1.69 bits per heavy atom. The van der Waals surface area contributed by atoms with E-state index in [1.54, 1.807) is 60.6 Å². The van der Waals surface area contributed by atoms with Gasteiger partial charge in [0.1, 0.15) is 40.0 Å². The van der Waals surface area contributed by atoms with Crippen LogP contribution in [-0.4, -0.2) is 82.7 Å². The predicted octanol–water partition coefficient (Wildman–Crippen LogP) is 6.15. The molecule has 2 amide bonds. The van der Waals surface area contributed by atoms with E-state index in [2.05, 4.69) is 15.3 Å². The average Bonchev–Trinajstić information content (AvgIpc) is 3.30. The van der Waals surface area contributed by atoms with Crippen LogP contribution in [0.25, 0.3) is 21.9 Å². The number of carboxylic acids is 1. The number of aliphatic carboxylic acids is 1. The number of fused-ring (bicyclic) bond motifs is 3. The standard InChI is InChI=1S/C34H41FN6O8/c1-18-9-21(46-17-25(42)43)13-22(10-18)47-30-38-28-26(29(39-30)41-15-19(16-41)14-36-31(44)48-33(2,3)4)23-11-20(35)12-24(27(23)37-28)40(8)32(45)49-34(5,6)7/h9-13,19H,14-17H2,1-8H3,(H,36,44)(H,42,43)(H,37,38,39). The molecule has 0 saturated carbocycles. The van der Waals surface area contributed by atoms with E-state index in [1.165, 1.54) is 30.1 Å². The zero-order chi connectivity index (χ0) is 35.8. The number of aromatic amines is 1. The Balaban J connectivity index is 1.53. The number of anilines is 2. The lowest BCUT2D eigenvalue weighted by molar-refractivity contribution is -0.139. The summed E-state index contributed by atoms with van der Waals surface area (Å²) in [6.45, 7) is 13.3. The maximum absolute atomic E-state index is 15.2. The number of carbonyl (C=O) groups excluding carboxylic acids is 2. The monoisotopic (exact) mass is 680 g/mol. The molecule has 3 heterocycles. The quantitative estimate of drug-likeness (QED) is 0.186. The second-order valence-electron chi connectivity index (χ2n) is 14.0. The minimum atomic E-state index is -1.12. The Labute approximate surface area is 282 Å². The number of aryl methyl sites for hydroxylation is 1. The number of H-pyrrole nitrogens is 1. The number of ether oxygens (including phenoxy) is 4. The van der Waals surface area contributed by atoms with E-state index in [0.29, 0.717) is 53.1 Å². The summed E-state index contributed by atoms with van der Waals surface area (Å²) in [5.74, 6) is -0.584. The van der Waals surface area contributed by atoms with E-state index in [1.807, 2.05) is 4.90 Å². The summed E-state index contributed by atoms with van der Waals surface area (Å²) < 4.78 is 37.5. The number of carbonyl (C=O) groups is 3. The van der Waals surface area contributed by atoms with Gasteiger partial charge in [-0.05, 0) is 78.3 Å². The molecule has 262 valence electrons. The molecular formula is C34H41FN6O8. The zero-order valence-corrected chi connectivity index (χ0v) is 28.8. The van der Waals surface area contributed by atoms with E-state index >= 15 is 4.39 Å². The third kappa shape index (κ3) is 8.58. The first kappa shape index (κ1) is 35.0. The summed E-state index contributed by atoms with van der Waals surface area (Å²) in [5.41, 5.74) is 0.339. The number of benzene rings is 2. The SMILES string of the molecule is Cc1cc(OCC(=O)O)cc(Oc2nc(N3CC(CNC(=O)OC(C)(C)C)C3)c3c(n2)[nH]c2c(N(C)C(=O)OC(C)(C)C)cc(F)cc23)c1. The van der Waals surface area contributed by atoms with Crippen LogP contribution in [0.3, 0.4) is 0 Å². The molecule has 4 aromatic rings. The number of hydrogen-bond donors (Lipinski definition) is 3. The molecule has 49 heavy (non-hydrogen) atoms. The Morgan fingerprint density at radius 3 is 2.35 bits per heavy atom. The van der Waals surface area contributed by atoms with E-state index < -0.39 is 41.8 Å². The van der Waals surface area contributed by atoms with Gasteiger partial charge in [0.05, 0.1) is 16.6 Å². The fourth-order valence-electron chi connectivity index (χ4n) is 5.30. The van der Waals surface area contributed by atoms with Crippen molar-refractivity contribution in [2.24, 2.45) is 5.92 Å². The van der Waals surface area contributed by atoms with Gasteiger partial charge >= 0.3 is 24.2 Å². The Kier molecular flexibility index (Phi) is 9.48. The highest BCUT2D eigenvalue weighted by Gasteiger charge is 2.33. The summed E-state index contributed by atoms with van der Waals surface area (Å²) in [7, 11) is 1.49. The van der Waals surface area contributed by atoms with Crippen molar-refractivity contribution in [3.8, 4) is 17.5 Å². The van der Waals surface area contributed by atoms with Crippen molar-refractivity contribution < 1.29 is 42.8 Å². The predicted molar refractivity (Wildman–Crippen MR) is 180 cm³/mol. The van der Waals surface area contributed by atoms with Gasteiger partial charge in [-0.15, -0.1) is 0 Å². The maximum Gasteiger partial charge on any atom is 0.414 e. The Hall–Kier alpha value is -5.34. The molecule has 15 heteroatoms. The molecule has 1 aliphatic rings. The van der Waals surface area contributed by atoms with Crippen molar-refractivity contribution in [2.45, 2.75) is 59.7 Å². The van der Waals surface area contributed by atoms with Gasteiger partial charge in [0, 0.05) is 44.1 Å². The summed E-state index contributed by atoms with van der Waals surface area (Å²) >= 11 is 0. The minimum Gasteiger partial charge on any atom is -0.482 e. The van der Waals surface area contributed by atoms with Crippen molar-refractivity contribution in [1.29, 1.82) is 0 Å². The number of rotatable bonds is 9. The van der Waals surface area contributed by atoms with E-state index in [-0.39, 0.29) is 23.4 Å². The van der Waals surface area contributed by atoms with Gasteiger partial charge in [0.25, 0.3) is 0 Å². The van der Waals surface area contributed by atoms with Gasteiger partial charge in [0.2, 0.25) is 0 Å². The van der Waals surface area contributed by atoms with Crippen LogP contribution in [0.5, 0.6) is 17.5 Å². The number of nitrogens with zero attached hydrogens (tertiary/aromatic N) is 4. The fourth-order valence-corrected chi connectivity index (χ4v) is 5.30. The average molecular weight is 681 g/mol. The molecule has 5 rings (SSSR count). The summed E-state index contributed by atoms with van der Waals surface area (Å²) in [6.07, 6.45) is -1.18. The lowest BCUT2D eigenvalue weighted by Crippen LogP contribution is -2.52. The number of amides is 2. The molecule has 2 aromatic heterocycles. The van der Waals surface area contributed by atoms with Crippen molar-refractivity contribution in [2.75, 3.05) is 43.1 Å². The first-order chi connectivity index (χ1) is 22.8. The third-order valence-electron chi connectivity index (χ3n) is 7.28. The number of halogens is 1. The minimum absolute atomic E-state index is 0.0401. The van der Waals surface area contributed by atoms with Crippen LogP contribution in [-0.2, 0) is 14.3 Å².